The molecule has 2 amide bonds. The van der Waals surface area contributed by atoms with Crippen LogP contribution in [0, 0.1) is 0 Å². The number of carboxylic acid groups (broad SMARTS) is 1. The van der Waals surface area contributed by atoms with Gasteiger partial charge in [0.2, 0.25) is 5.91 Å². The van der Waals surface area contributed by atoms with Gasteiger partial charge in [-0.25, -0.2) is 9.78 Å². The second-order valence-corrected chi connectivity index (χ2v) is 4.51. The third-order valence-corrected chi connectivity index (χ3v) is 3.12. The Morgan fingerprint density at radius 2 is 2.33 bits per heavy atom. The quantitative estimate of drug-likeness (QED) is 0.737. The molecular formula is C10H9N3O4S. The molecule has 8 heteroatoms. The number of nitrogens with zero attached hydrogens (tertiary/aromatic N) is 1. The van der Waals surface area contributed by atoms with Crippen molar-refractivity contribution in [3.8, 4) is 0 Å². The van der Waals surface area contributed by atoms with E-state index in [1.54, 1.807) is 0 Å². The van der Waals surface area contributed by atoms with Crippen molar-refractivity contribution in [2.24, 2.45) is 0 Å². The summed E-state index contributed by atoms with van der Waals surface area (Å²) in [6.45, 7) is 0. The summed E-state index contributed by atoms with van der Waals surface area (Å²) < 4.78 is 0. The number of carbonyl (C=O) groups is 3. The van der Waals surface area contributed by atoms with E-state index >= 15 is 0 Å². The number of carbonyl (C=O) groups excluding carboxylic acids is 2. The van der Waals surface area contributed by atoms with Crippen LogP contribution in [0.2, 0.25) is 0 Å². The molecule has 1 unspecified atom stereocenters. The van der Waals surface area contributed by atoms with Crippen molar-refractivity contribution in [3.05, 3.63) is 24.0 Å². The topological polar surface area (TPSA) is 108 Å². The van der Waals surface area contributed by atoms with Gasteiger partial charge in [0.15, 0.2) is 0 Å². The fourth-order valence-corrected chi connectivity index (χ4v) is 2.16. The van der Waals surface area contributed by atoms with Crippen molar-refractivity contribution in [3.63, 3.8) is 0 Å². The molecule has 1 atom stereocenters. The largest absolute Gasteiger partial charge is 0.477 e. The second-order valence-electron chi connectivity index (χ2n) is 3.52. The van der Waals surface area contributed by atoms with Gasteiger partial charge < -0.3 is 15.7 Å². The Balaban J connectivity index is 2.05. The van der Waals surface area contributed by atoms with Gasteiger partial charge in [0.1, 0.15) is 11.7 Å². The molecule has 1 saturated heterocycles. The average Bonchev–Trinajstić information content (AvgIpc) is 2.76. The number of hydrogen-bond acceptors (Lipinski definition) is 5. The summed E-state index contributed by atoms with van der Waals surface area (Å²) in [5.41, 5.74) is 0.177. The van der Waals surface area contributed by atoms with Gasteiger partial charge in [-0.2, -0.15) is 0 Å². The van der Waals surface area contributed by atoms with Gasteiger partial charge >= 0.3 is 5.97 Å². The molecule has 0 radical (unpaired) electrons. The molecule has 0 saturated carbocycles. The van der Waals surface area contributed by atoms with Crippen molar-refractivity contribution >= 4 is 34.6 Å². The minimum atomic E-state index is -1.17. The van der Waals surface area contributed by atoms with E-state index in [0.717, 1.165) is 11.8 Å². The van der Waals surface area contributed by atoms with Crippen LogP contribution in [0.5, 0.6) is 0 Å². The summed E-state index contributed by atoms with van der Waals surface area (Å²) >= 11 is 1.03. The molecule has 0 aromatic carbocycles. The highest BCUT2D eigenvalue weighted by Crippen LogP contribution is 2.15. The number of anilines is 1. The Morgan fingerprint density at radius 3 is 2.94 bits per heavy atom. The molecule has 1 aromatic heterocycles. The van der Waals surface area contributed by atoms with Crippen LogP contribution in [0.15, 0.2) is 18.3 Å². The van der Waals surface area contributed by atoms with E-state index in [0.29, 0.717) is 11.4 Å². The smallest absolute Gasteiger partial charge is 0.354 e. The van der Waals surface area contributed by atoms with Gasteiger partial charge in [-0.15, -0.1) is 0 Å². The monoisotopic (exact) mass is 267 g/mol. The highest BCUT2D eigenvalue weighted by atomic mass is 32.2. The Kier molecular flexibility index (Phi) is 3.47. The fraction of sp³-hybridized carbons (Fsp3) is 0.200. The van der Waals surface area contributed by atoms with Crippen molar-refractivity contribution in [2.45, 2.75) is 6.04 Å². The third kappa shape index (κ3) is 2.77. The molecule has 3 N–H and O–H groups in total. The molecule has 1 aliphatic rings. The summed E-state index contributed by atoms with van der Waals surface area (Å²) in [6.07, 6.45) is 1.29. The molecule has 2 heterocycles. The van der Waals surface area contributed by atoms with Gasteiger partial charge in [0.05, 0.1) is 0 Å². The maximum absolute atomic E-state index is 11.7. The van der Waals surface area contributed by atoms with Crippen LogP contribution in [-0.2, 0) is 4.79 Å². The predicted molar refractivity (Wildman–Crippen MR) is 64.6 cm³/mol. The lowest BCUT2D eigenvalue weighted by Crippen LogP contribution is -2.38. The fourth-order valence-electron chi connectivity index (χ4n) is 1.38. The Hall–Kier alpha value is -2.09. The van der Waals surface area contributed by atoms with Crippen LogP contribution >= 0.6 is 11.8 Å². The minimum Gasteiger partial charge on any atom is -0.477 e. The van der Waals surface area contributed by atoms with E-state index in [-0.39, 0.29) is 16.8 Å². The number of hydrogen-bond donors (Lipinski definition) is 3. The summed E-state index contributed by atoms with van der Waals surface area (Å²) in [7, 11) is 0. The number of carboxylic acids is 1. The van der Waals surface area contributed by atoms with Crippen LogP contribution in [0.4, 0.5) is 10.5 Å². The Labute approximate surface area is 106 Å². The van der Waals surface area contributed by atoms with E-state index in [1.807, 2.05) is 0 Å². The molecule has 18 heavy (non-hydrogen) atoms. The zero-order valence-electron chi connectivity index (χ0n) is 9.04. The highest BCUT2D eigenvalue weighted by Gasteiger charge is 2.28. The zero-order chi connectivity index (χ0) is 13.1. The number of thioether (sulfide) groups is 1. The summed E-state index contributed by atoms with van der Waals surface area (Å²) in [4.78, 5) is 37.0. The van der Waals surface area contributed by atoms with Crippen LogP contribution in [0.3, 0.4) is 0 Å². The molecule has 1 aromatic rings. The maximum Gasteiger partial charge on any atom is 0.354 e. The Morgan fingerprint density at radius 1 is 1.56 bits per heavy atom. The van der Waals surface area contributed by atoms with Crippen molar-refractivity contribution in [1.29, 1.82) is 0 Å². The van der Waals surface area contributed by atoms with E-state index in [4.69, 9.17) is 5.11 Å². The van der Waals surface area contributed by atoms with Gasteiger partial charge in [0, 0.05) is 17.6 Å². The first-order valence-corrected chi connectivity index (χ1v) is 5.98. The highest BCUT2D eigenvalue weighted by molar-refractivity contribution is 8.14. The van der Waals surface area contributed by atoms with Gasteiger partial charge in [-0.05, 0) is 12.1 Å². The molecule has 94 valence electrons. The summed E-state index contributed by atoms with van der Waals surface area (Å²) in [5.74, 6) is -1.19. The molecule has 0 aliphatic carbocycles. The van der Waals surface area contributed by atoms with Gasteiger partial charge in [0.25, 0.3) is 5.24 Å². The average molecular weight is 267 g/mol. The molecule has 0 spiro atoms. The second kappa shape index (κ2) is 5.05. The summed E-state index contributed by atoms with van der Waals surface area (Å²) in [6, 6.07) is 2.14. The molecule has 7 nitrogen and oxygen atoms in total. The molecule has 2 rings (SSSR count). The predicted octanol–water partition coefficient (Wildman–Crippen LogP) is 0.543. The minimum absolute atomic E-state index is 0.155. The van der Waals surface area contributed by atoms with Crippen LogP contribution in [-0.4, -0.2) is 39.0 Å². The number of rotatable bonds is 3. The lowest BCUT2D eigenvalue weighted by atomic mass is 10.2. The van der Waals surface area contributed by atoms with Gasteiger partial charge in [-0.3, -0.25) is 9.59 Å². The Bertz CT molecular complexity index is 520. The maximum atomic E-state index is 11.7. The number of amides is 2. The number of aromatic nitrogens is 1. The van der Waals surface area contributed by atoms with Crippen molar-refractivity contribution in [1.82, 2.24) is 10.3 Å². The van der Waals surface area contributed by atoms with Gasteiger partial charge in [-0.1, -0.05) is 11.8 Å². The standard InChI is InChI=1S/C10H9N3O4S/c14-8(7-4-18-10(17)13-7)12-5-1-2-11-6(3-5)9(15)16/h1-3,7H,4H2,(H,13,17)(H,15,16)(H,11,12,14). The number of aromatic carboxylic acids is 1. The zero-order valence-corrected chi connectivity index (χ0v) is 9.86. The number of nitrogens with one attached hydrogen (secondary N) is 2. The van der Waals surface area contributed by atoms with Crippen LogP contribution < -0.4 is 10.6 Å². The molecular weight excluding hydrogens is 258 g/mol. The molecule has 0 bridgehead atoms. The first-order valence-electron chi connectivity index (χ1n) is 5.00. The lowest BCUT2D eigenvalue weighted by molar-refractivity contribution is -0.117. The SMILES string of the molecule is O=C1NC(C(=O)Nc2ccnc(C(=O)O)c2)CS1. The summed E-state index contributed by atoms with van der Waals surface area (Å²) in [5, 5.41) is 13.5. The number of pyridine rings is 1. The first kappa shape index (κ1) is 12.4. The lowest BCUT2D eigenvalue weighted by Gasteiger charge is -2.10. The molecule has 1 aliphatic heterocycles. The van der Waals surface area contributed by atoms with E-state index in [9.17, 15) is 14.4 Å². The normalized spacial score (nSPS) is 18.2. The van der Waals surface area contributed by atoms with Crippen molar-refractivity contribution in [2.75, 3.05) is 11.1 Å². The third-order valence-electron chi connectivity index (χ3n) is 2.24. The van der Waals surface area contributed by atoms with Crippen molar-refractivity contribution < 1.29 is 19.5 Å². The first-order chi connectivity index (χ1) is 8.56. The van der Waals surface area contributed by atoms with E-state index < -0.39 is 12.0 Å². The van der Waals surface area contributed by atoms with Crippen LogP contribution in [0.1, 0.15) is 10.5 Å². The van der Waals surface area contributed by atoms with E-state index in [2.05, 4.69) is 15.6 Å². The van der Waals surface area contributed by atoms with Crippen LogP contribution in [0.25, 0.3) is 0 Å². The molecule has 1 fully saturated rings. The van der Waals surface area contributed by atoms with E-state index in [1.165, 1.54) is 18.3 Å².